The monoisotopic (exact) mass is 415 g/mol. The third-order valence-electron chi connectivity index (χ3n) is 4.45. The van der Waals surface area contributed by atoms with Crippen LogP contribution in [0.1, 0.15) is 16.8 Å². The van der Waals surface area contributed by atoms with Gasteiger partial charge in [-0.3, -0.25) is 9.59 Å². The number of nitrogens with one attached hydrogen (secondary N) is 2. The molecule has 2 aliphatic rings. The number of amides is 2. The Balaban J connectivity index is 0.00000261. The van der Waals surface area contributed by atoms with Gasteiger partial charge in [0.2, 0.25) is 5.91 Å². The molecular weight excluding hydrogens is 390 g/mol. The highest BCUT2D eigenvalue weighted by molar-refractivity contribution is 7.99. The lowest BCUT2D eigenvalue weighted by Gasteiger charge is -2.27. The Morgan fingerprint density at radius 1 is 1.37 bits per heavy atom. The lowest BCUT2D eigenvalue weighted by molar-refractivity contribution is -0.116. The maximum atomic E-state index is 12.7. The van der Waals surface area contributed by atoms with Gasteiger partial charge in [0.25, 0.3) is 5.91 Å². The van der Waals surface area contributed by atoms with Crippen molar-refractivity contribution in [2.75, 3.05) is 56.8 Å². The predicted molar refractivity (Wildman–Crippen MR) is 109 cm³/mol. The van der Waals surface area contributed by atoms with Gasteiger partial charge in [-0.15, -0.1) is 12.4 Å². The molecule has 27 heavy (non-hydrogen) atoms. The van der Waals surface area contributed by atoms with Gasteiger partial charge >= 0.3 is 0 Å². The molecule has 1 aromatic rings. The Morgan fingerprint density at radius 2 is 2.15 bits per heavy atom. The highest BCUT2D eigenvalue weighted by Gasteiger charge is 2.21. The summed E-state index contributed by atoms with van der Waals surface area (Å²) in [6, 6.07) is 5.32. The highest BCUT2D eigenvalue weighted by atomic mass is 35.5. The van der Waals surface area contributed by atoms with Crippen LogP contribution in [0.15, 0.2) is 18.2 Å². The summed E-state index contributed by atoms with van der Waals surface area (Å²) in [7, 11) is 1.55. The first-order valence-electron chi connectivity index (χ1n) is 8.83. The molecule has 2 saturated heterocycles. The molecule has 1 atom stereocenters. The summed E-state index contributed by atoms with van der Waals surface area (Å²) < 4.78 is 10.6. The minimum absolute atomic E-state index is 0. The number of carbonyl (C=O) groups excluding carboxylic acids is 2. The number of rotatable bonds is 5. The van der Waals surface area contributed by atoms with Crippen molar-refractivity contribution in [3.8, 4) is 5.75 Å². The number of anilines is 1. The molecule has 9 heteroatoms. The Kier molecular flexibility index (Phi) is 8.69. The van der Waals surface area contributed by atoms with E-state index in [1.165, 1.54) is 0 Å². The average Bonchev–Trinajstić information content (AvgIpc) is 2.68. The number of ether oxygens (including phenoxy) is 2. The quantitative estimate of drug-likeness (QED) is 0.760. The third-order valence-corrected chi connectivity index (χ3v) is 5.58. The first-order chi connectivity index (χ1) is 12.7. The maximum Gasteiger partial charge on any atom is 0.254 e. The van der Waals surface area contributed by atoms with E-state index in [0.717, 1.165) is 18.1 Å². The van der Waals surface area contributed by atoms with Gasteiger partial charge in [-0.2, -0.15) is 11.8 Å². The fraction of sp³-hybridized carbons (Fsp3) is 0.556. The van der Waals surface area contributed by atoms with E-state index in [2.05, 4.69) is 10.6 Å². The van der Waals surface area contributed by atoms with Crippen LogP contribution in [0.2, 0.25) is 0 Å². The minimum Gasteiger partial charge on any atom is -0.495 e. The van der Waals surface area contributed by atoms with E-state index >= 15 is 0 Å². The van der Waals surface area contributed by atoms with E-state index in [9.17, 15) is 9.59 Å². The molecule has 2 aliphatic heterocycles. The smallest absolute Gasteiger partial charge is 0.254 e. The van der Waals surface area contributed by atoms with Crippen LogP contribution in [0, 0.1) is 0 Å². The number of hydrogen-bond donors (Lipinski definition) is 2. The largest absolute Gasteiger partial charge is 0.495 e. The summed E-state index contributed by atoms with van der Waals surface area (Å²) in [5, 5.41) is 6.25. The number of morpholine rings is 1. The number of benzene rings is 1. The number of halogens is 1. The van der Waals surface area contributed by atoms with Gasteiger partial charge in [-0.05, 0) is 18.2 Å². The Labute approximate surface area is 169 Å². The topological polar surface area (TPSA) is 79.9 Å². The van der Waals surface area contributed by atoms with Crippen LogP contribution in [-0.2, 0) is 9.53 Å². The van der Waals surface area contributed by atoms with Gasteiger partial charge < -0.3 is 25.0 Å². The van der Waals surface area contributed by atoms with E-state index < -0.39 is 0 Å². The van der Waals surface area contributed by atoms with E-state index in [4.69, 9.17) is 9.47 Å². The van der Waals surface area contributed by atoms with Gasteiger partial charge in [-0.25, -0.2) is 0 Å². The predicted octanol–water partition coefficient (Wildman–Crippen LogP) is 1.62. The Morgan fingerprint density at radius 3 is 2.81 bits per heavy atom. The first-order valence-corrected chi connectivity index (χ1v) is 9.99. The van der Waals surface area contributed by atoms with Crippen LogP contribution in [0.25, 0.3) is 0 Å². The number of methoxy groups -OCH3 is 1. The molecular formula is C18H26ClN3O4S. The summed E-state index contributed by atoms with van der Waals surface area (Å²) in [4.78, 5) is 26.8. The minimum atomic E-state index is -0.0840. The van der Waals surface area contributed by atoms with Gasteiger partial charge in [0, 0.05) is 49.2 Å². The van der Waals surface area contributed by atoms with Crippen molar-refractivity contribution >= 4 is 41.7 Å². The second-order valence-electron chi connectivity index (χ2n) is 6.30. The van der Waals surface area contributed by atoms with E-state index in [1.807, 2.05) is 11.8 Å². The summed E-state index contributed by atoms with van der Waals surface area (Å²) in [5.74, 6) is 2.41. The lowest BCUT2D eigenvalue weighted by atomic mass is 10.1. The molecule has 2 N–H and O–H groups in total. The Bertz CT molecular complexity index is 649. The molecule has 3 rings (SSSR count). The van der Waals surface area contributed by atoms with Crippen molar-refractivity contribution < 1.29 is 19.1 Å². The fourth-order valence-electron chi connectivity index (χ4n) is 3.06. The van der Waals surface area contributed by atoms with E-state index in [0.29, 0.717) is 49.7 Å². The summed E-state index contributed by atoms with van der Waals surface area (Å²) >= 11 is 1.85. The molecule has 0 bridgehead atoms. The molecule has 1 unspecified atom stereocenters. The molecule has 0 aliphatic carbocycles. The van der Waals surface area contributed by atoms with E-state index in [1.54, 1.807) is 30.2 Å². The third kappa shape index (κ3) is 6.00. The SMILES string of the molecule is COc1ccc(C(=O)N2CCOCC2)cc1NC(=O)CC1CSCCN1.Cl. The molecule has 7 nitrogen and oxygen atoms in total. The lowest BCUT2D eigenvalue weighted by Crippen LogP contribution is -2.40. The van der Waals surface area contributed by atoms with Crippen LogP contribution in [-0.4, -0.2) is 74.2 Å². The zero-order chi connectivity index (χ0) is 18.4. The van der Waals surface area contributed by atoms with Crippen molar-refractivity contribution in [3.05, 3.63) is 23.8 Å². The summed E-state index contributed by atoms with van der Waals surface area (Å²) in [6.45, 7) is 3.19. The zero-order valence-corrected chi connectivity index (χ0v) is 17.0. The second kappa shape index (κ2) is 10.8. The van der Waals surface area contributed by atoms with Crippen molar-refractivity contribution in [2.45, 2.75) is 12.5 Å². The number of nitrogens with zero attached hydrogens (tertiary/aromatic N) is 1. The van der Waals surface area contributed by atoms with Gasteiger partial charge in [0.15, 0.2) is 0 Å². The number of thioether (sulfide) groups is 1. The standard InChI is InChI=1S/C18H25N3O4S.ClH/c1-24-16-3-2-13(18(23)21-5-7-25-8-6-21)10-15(16)20-17(22)11-14-12-26-9-4-19-14;/h2-3,10,14,19H,4-9,11-12H2,1H3,(H,20,22);1H. The first kappa shape index (κ1) is 21.8. The fourth-order valence-corrected chi connectivity index (χ4v) is 4.01. The number of hydrogen-bond acceptors (Lipinski definition) is 6. The summed E-state index contributed by atoms with van der Waals surface area (Å²) in [5.41, 5.74) is 1.06. The van der Waals surface area contributed by atoms with Gasteiger partial charge in [0.05, 0.1) is 26.0 Å². The number of carbonyl (C=O) groups is 2. The van der Waals surface area contributed by atoms with Crippen LogP contribution in [0.4, 0.5) is 5.69 Å². The molecule has 2 amide bonds. The van der Waals surface area contributed by atoms with Gasteiger partial charge in [0.1, 0.15) is 5.75 Å². The molecule has 0 radical (unpaired) electrons. The second-order valence-corrected chi connectivity index (χ2v) is 7.45. The van der Waals surface area contributed by atoms with Crippen LogP contribution >= 0.6 is 24.2 Å². The highest BCUT2D eigenvalue weighted by Crippen LogP contribution is 2.27. The summed E-state index contributed by atoms with van der Waals surface area (Å²) in [6.07, 6.45) is 0.401. The molecule has 2 fully saturated rings. The van der Waals surface area contributed by atoms with Crippen molar-refractivity contribution in [1.29, 1.82) is 0 Å². The molecule has 0 aromatic heterocycles. The van der Waals surface area contributed by atoms with Crippen LogP contribution < -0.4 is 15.4 Å². The van der Waals surface area contributed by atoms with Crippen molar-refractivity contribution in [2.24, 2.45) is 0 Å². The zero-order valence-electron chi connectivity index (χ0n) is 15.4. The molecule has 0 spiro atoms. The molecule has 150 valence electrons. The van der Waals surface area contributed by atoms with E-state index in [-0.39, 0.29) is 30.3 Å². The average molecular weight is 416 g/mol. The van der Waals surface area contributed by atoms with Crippen LogP contribution in [0.3, 0.4) is 0 Å². The Hall–Kier alpha value is -1.48. The molecule has 1 aromatic carbocycles. The molecule has 2 heterocycles. The van der Waals surface area contributed by atoms with Crippen LogP contribution in [0.5, 0.6) is 5.75 Å². The van der Waals surface area contributed by atoms with Crippen molar-refractivity contribution in [1.82, 2.24) is 10.2 Å². The van der Waals surface area contributed by atoms with Crippen molar-refractivity contribution in [3.63, 3.8) is 0 Å². The maximum absolute atomic E-state index is 12.7. The van der Waals surface area contributed by atoms with Gasteiger partial charge in [-0.1, -0.05) is 0 Å². The normalized spacial score (nSPS) is 19.7. The molecule has 0 saturated carbocycles.